The number of amides is 1. The van der Waals surface area contributed by atoms with Gasteiger partial charge in [-0.1, -0.05) is 45.1 Å². The number of anilines is 1. The number of nitrogens with zero attached hydrogens (tertiary/aromatic N) is 2. The molecule has 0 saturated carbocycles. The van der Waals surface area contributed by atoms with Crippen molar-refractivity contribution in [3.63, 3.8) is 0 Å². The van der Waals surface area contributed by atoms with E-state index in [0.29, 0.717) is 29.1 Å². The predicted molar refractivity (Wildman–Crippen MR) is 122 cm³/mol. The van der Waals surface area contributed by atoms with Crippen molar-refractivity contribution in [2.45, 2.75) is 63.8 Å². The van der Waals surface area contributed by atoms with Crippen LogP contribution in [0.3, 0.4) is 0 Å². The van der Waals surface area contributed by atoms with Crippen LogP contribution in [0, 0.1) is 11.3 Å². The van der Waals surface area contributed by atoms with E-state index < -0.39 is 17.4 Å². The van der Waals surface area contributed by atoms with Gasteiger partial charge in [0.1, 0.15) is 5.82 Å². The molecule has 0 saturated heterocycles. The van der Waals surface area contributed by atoms with Gasteiger partial charge < -0.3 is 15.7 Å². The molecule has 1 unspecified atom stereocenters. The molecule has 1 aromatic heterocycles. The Bertz CT molecular complexity index is 997. The van der Waals surface area contributed by atoms with Gasteiger partial charge in [-0.25, -0.2) is 9.78 Å². The summed E-state index contributed by atoms with van der Waals surface area (Å²) < 4.78 is 0. The summed E-state index contributed by atoms with van der Waals surface area (Å²) in [6.45, 7) is 2.92. The zero-order valence-electron chi connectivity index (χ0n) is 18.5. The van der Waals surface area contributed by atoms with Crippen LogP contribution in [-0.2, 0) is 16.8 Å². The zero-order valence-corrected chi connectivity index (χ0v) is 18.5. The number of hydrogen-bond acceptors (Lipinski definition) is 5. The molecule has 0 spiro atoms. The lowest BCUT2D eigenvalue weighted by molar-refractivity contribution is -0.145. The highest BCUT2D eigenvalue weighted by atomic mass is 16.4. The number of carbonyl (C=O) groups is 2. The smallest absolute Gasteiger partial charge is 0.335 e. The summed E-state index contributed by atoms with van der Waals surface area (Å²) in [6, 6.07) is 11.8. The fourth-order valence-electron chi connectivity index (χ4n) is 4.05. The van der Waals surface area contributed by atoms with Crippen molar-refractivity contribution in [3.8, 4) is 6.07 Å². The average Bonchev–Trinajstić information content (AvgIpc) is 2.82. The number of nitriles is 1. The standard InChI is InChI=1S/C25H30N4O3/c1-2-3-4-5-6-15-25(24(31)32,21-14-13-19-8-7-16-27-22(19)28-21)29-23(30)20-11-9-18(17-26)10-12-20/h9-14H,2-8,15-16H2,1H3,(H,27,28)(H,29,30)(H,31,32). The minimum atomic E-state index is -1.63. The Morgan fingerprint density at radius 2 is 1.91 bits per heavy atom. The SMILES string of the molecule is CCCCCCCC(NC(=O)c1ccc(C#N)cc1)(C(=O)O)c1ccc2c(n1)NCCC2. The van der Waals surface area contributed by atoms with Crippen molar-refractivity contribution in [2.24, 2.45) is 0 Å². The highest BCUT2D eigenvalue weighted by molar-refractivity contribution is 5.98. The molecule has 32 heavy (non-hydrogen) atoms. The van der Waals surface area contributed by atoms with Crippen molar-refractivity contribution in [2.75, 3.05) is 11.9 Å². The van der Waals surface area contributed by atoms with E-state index in [0.717, 1.165) is 50.6 Å². The number of benzene rings is 1. The maximum atomic E-state index is 13.1. The maximum Gasteiger partial charge on any atom is 0.335 e. The maximum absolute atomic E-state index is 13.1. The van der Waals surface area contributed by atoms with Gasteiger partial charge in [0.2, 0.25) is 0 Å². The van der Waals surface area contributed by atoms with Crippen LogP contribution in [0.5, 0.6) is 0 Å². The van der Waals surface area contributed by atoms with Gasteiger partial charge in [-0.15, -0.1) is 0 Å². The first-order valence-electron chi connectivity index (χ1n) is 11.3. The number of hydrogen-bond donors (Lipinski definition) is 3. The van der Waals surface area contributed by atoms with Crippen molar-refractivity contribution < 1.29 is 14.7 Å². The number of nitrogens with one attached hydrogen (secondary N) is 2. The summed E-state index contributed by atoms with van der Waals surface area (Å²) in [6.07, 6.45) is 6.91. The van der Waals surface area contributed by atoms with Crippen LogP contribution in [0.15, 0.2) is 36.4 Å². The fourth-order valence-corrected chi connectivity index (χ4v) is 4.05. The molecule has 1 amide bonds. The second kappa shape index (κ2) is 10.8. The molecule has 0 bridgehead atoms. The Hall–Kier alpha value is -3.40. The lowest BCUT2D eigenvalue weighted by Crippen LogP contribution is -2.52. The van der Waals surface area contributed by atoms with Crippen LogP contribution in [0.25, 0.3) is 0 Å². The molecule has 7 heteroatoms. The molecule has 1 aliphatic rings. The van der Waals surface area contributed by atoms with E-state index in [1.54, 1.807) is 18.2 Å². The second-order valence-electron chi connectivity index (χ2n) is 8.25. The van der Waals surface area contributed by atoms with E-state index >= 15 is 0 Å². The summed E-state index contributed by atoms with van der Waals surface area (Å²) in [5, 5.41) is 25.4. The Balaban J connectivity index is 1.93. The molecule has 0 fully saturated rings. The van der Waals surface area contributed by atoms with Gasteiger partial charge in [0.15, 0.2) is 5.54 Å². The summed E-state index contributed by atoms with van der Waals surface area (Å²) >= 11 is 0. The number of carbonyl (C=O) groups excluding carboxylic acids is 1. The number of pyridine rings is 1. The van der Waals surface area contributed by atoms with Gasteiger partial charge >= 0.3 is 5.97 Å². The topological polar surface area (TPSA) is 115 Å². The number of unbranched alkanes of at least 4 members (excludes halogenated alkanes) is 4. The van der Waals surface area contributed by atoms with E-state index in [1.165, 1.54) is 12.1 Å². The van der Waals surface area contributed by atoms with Gasteiger partial charge in [-0.3, -0.25) is 4.79 Å². The van der Waals surface area contributed by atoms with E-state index in [-0.39, 0.29) is 6.42 Å². The van der Waals surface area contributed by atoms with E-state index in [4.69, 9.17) is 5.26 Å². The molecule has 2 aromatic rings. The highest BCUT2D eigenvalue weighted by Gasteiger charge is 2.43. The van der Waals surface area contributed by atoms with E-state index in [9.17, 15) is 14.7 Å². The molecule has 1 aliphatic heterocycles. The van der Waals surface area contributed by atoms with Crippen LogP contribution in [0.4, 0.5) is 5.82 Å². The van der Waals surface area contributed by atoms with Crippen LogP contribution >= 0.6 is 0 Å². The molecule has 0 aliphatic carbocycles. The van der Waals surface area contributed by atoms with Crippen molar-refractivity contribution in [1.82, 2.24) is 10.3 Å². The monoisotopic (exact) mass is 434 g/mol. The fraction of sp³-hybridized carbons (Fsp3) is 0.440. The quantitative estimate of drug-likeness (QED) is 0.478. The number of aryl methyl sites for hydroxylation is 1. The van der Waals surface area contributed by atoms with Crippen LogP contribution in [-0.4, -0.2) is 28.5 Å². The largest absolute Gasteiger partial charge is 0.479 e. The third-order valence-electron chi connectivity index (χ3n) is 5.95. The number of carboxylic acids is 1. The molecule has 1 aromatic carbocycles. The minimum absolute atomic E-state index is 0.250. The van der Waals surface area contributed by atoms with Crippen molar-refractivity contribution >= 4 is 17.7 Å². The number of carboxylic acid groups (broad SMARTS) is 1. The Labute approximate surface area is 188 Å². The van der Waals surface area contributed by atoms with Gasteiger partial charge in [-0.05, 0) is 55.2 Å². The van der Waals surface area contributed by atoms with Gasteiger partial charge in [0.25, 0.3) is 5.91 Å². The van der Waals surface area contributed by atoms with Gasteiger partial charge in [0, 0.05) is 12.1 Å². The Kier molecular flexibility index (Phi) is 7.82. The summed E-state index contributed by atoms with van der Waals surface area (Å²) in [7, 11) is 0. The molecule has 2 heterocycles. The normalized spacial score (nSPS) is 14.4. The van der Waals surface area contributed by atoms with Crippen molar-refractivity contribution in [3.05, 3.63) is 58.8 Å². The first kappa shape index (κ1) is 23.3. The number of rotatable bonds is 10. The Morgan fingerprint density at radius 3 is 2.59 bits per heavy atom. The molecule has 1 atom stereocenters. The van der Waals surface area contributed by atoms with E-state index in [1.807, 2.05) is 12.1 Å². The Morgan fingerprint density at radius 1 is 1.16 bits per heavy atom. The molecule has 0 radical (unpaired) electrons. The van der Waals surface area contributed by atoms with Gasteiger partial charge in [0.05, 0.1) is 17.3 Å². The van der Waals surface area contributed by atoms with E-state index in [2.05, 4.69) is 22.5 Å². The van der Waals surface area contributed by atoms with Gasteiger partial charge in [-0.2, -0.15) is 5.26 Å². The molecular weight excluding hydrogens is 404 g/mol. The molecule has 7 nitrogen and oxygen atoms in total. The van der Waals surface area contributed by atoms with Crippen LogP contribution in [0.2, 0.25) is 0 Å². The number of aliphatic carboxylic acids is 1. The molecular formula is C25H30N4O3. The van der Waals surface area contributed by atoms with Crippen LogP contribution in [0.1, 0.15) is 79.0 Å². The average molecular weight is 435 g/mol. The second-order valence-corrected chi connectivity index (χ2v) is 8.25. The summed E-state index contributed by atoms with van der Waals surface area (Å²) in [5.41, 5.74) is 0.489. The zero-order chi connectivity index (χ0) is 23.0. The number of fused-ring (bicyclic) bond motifs is 1. The third kappa shape index (κ3) is 5.25. The number of aromatic nitrogens is 1. The molecule has 3 rings (SSSR count). The lowest BCUT2D eigenvalue weighted by atomic mass is 9.86. The lowest BCUT2D eigenvalue weighted by Gasteiger charge is -2.31. The molecule has 168 valence electrons. The predicted octanol–water partition coefficient (Wildman–Crippen LogP) is 4.38. The first-order chi connectivity index (χ1) is 15.5. The van der Waals surface area contributed by atoms with Crippen molar-refractivity contribution in [1.29, 1.82) is 5.26 Å². The minimum Gasteiger partial charge on any atom is -0.479 e. The first-order valence-corrected chi connectivity index (χ1v) is 11.3. The summed E-state index contributed by atoms with van der Waals surface area (Å²) in [5.74, 6) is -0.936. The molecule has 3 N–H and O–H groups in total. The summed E-state index contributed by atoms with van der Waals surface area (Å²) in [4.78, 5) is 30.4. The highest BCUT2D eigenvalue weighted by Crippen LogP contribution is 2.31. The third-order valence-corrected chi connectivity index (χ3v) is 5.95. The van der Waals surface area contributed by atoms with Crippen LogP contribution < -0.4 is 10.6 Å².